The van der Waals surface area contributed by atoms with Gasteiger partial charge in [0.15, 0.2) is 0 Å². The lowest BCUT2D eigenvalue weighted by Gasteiger charge is -1.83. The van der Waals surface area contributed by atoms with Crippen LogP contribution in [0.1, 0.15) is 4.88 Å². The van der Waals surface area contributed by atoms with Gasteiger partial charge in [0, 0.05) is 6.54 Å². The third kappa shape index (κ3) is 0.992. The predicted molar refractivity (Wildman–Crippen MR) is 35.0 cm³/mol. The minimum absolute atomic E-state index is 0.490. The smallest absolute Gasteiger partial charge is 0.0758 e. The lowest BCUT2D eigenvalue weighted by Crippen LogP contribution is -1.92. The van der Waals surface area contributed by atoms with E-state index < -0.39 is 0 Å². The van der Waals surface area contributed by atoms with Gasteiger partial charge < -0.3 is 5.73 Å². The van der Waals surface area contributed by atoms with E-state index in [1.165, 1.54) is 11.5 Å². The number of halogens is 1. The molecule has 8 heavy (non-hydrogen) atoms. The molecule has 0 aliphatic heterocycles. The summed E-state index contributed by atoms with van der Waals surface area (Å²) in [5.74, 6) is 0. The van der Waals surface area contributed by atoms with Crippen molar-refractivity contribution >= 4 is 23.1 Å². The predicted octanol–water partition coefficient (Wildman–Crippen LogP) is 1.26. The Hall–Kier alpha value is -0.120. The molecule has 0 radical (unpaired) electrons. The van der Waals surface area contributed by atoms with Gasteiger partial charge in [0.2, 0.25) is 0 Å². The fourth-order valence-corrected chi connectivity index (χ4v) is 1.17. The van der Waals surface area contributed by atoms with E-state index in [2.05, 4.69) is 4.37 Å². The lowest BCUT2D eigenvalue weighted by molar-refractivity contribution is 1.11. The molecule has 2 N–H and O–H groups in total. The molecule has 0 bridgehead atoms. The van der Waals surface area contributed by atoms with E-state index in [4.69, 9.17) is 17.3 Å². The quantitative estimate of drug-likeness (QED) is 0.651. The first-order valence-corrected chi connectivity index (χ1v) is 3.29. The van der Waals surface area contributed by atoms with Crippen molar-refractivity contribution in [2.24, 2.45) is 5.73 Å². The molecule has 1 aromatic rings. The minimum atomic E-state index is 0.490. The minimum Gasteiger partial charge on any atom is -0.326 e. The molecule has 4 heteroatoms. The summed E-state index contributed by atoms with van der Waals surface area (Å²) >= 11 is 6.95. The molecule has 0 aliphatic rings. The van der Waals surface area contributed by atoms with Gasteiger partial charge in [-0.3, -0.25) is 0 Å². The van der Waals surface area contributed by atoms with E-state index in [-0.39, 0.29) is 0 Å². The molecule has 0 spiro atoms. The highest BCUT2D eigenvalue weighted by Gasteiger charge is 1.97. The number of aromatic nitrogens is 1. The second kappa shape index (κ2) is 2.44. The van der Waals surface area contributed by atoms with Crippen molar-refractivity contribution < 1.29 is 0 Å². The van der Waals surface area contributed by atoms with Gasteiger partial charge in [-0.1, -0.05) is 11.6 Å². The topological polar surface area (TPSA) is 38.9 Å². The maximum atomic E-state index is 5.61. The Kier molecular flexibility index (Phi) is 1.83. The molecule has 0 atom stereocenters. The highest BCUT2D eigenvalue weighted by molar-refractivity contribution is 7.06. The molecule has 44 valence electrons. The number of nitrogens with zero attached hydrogens (tertiary/aromatic N) is 1. The van der Waals surface area contributed by atoms with E-state index in [0.717, 1.165) is 4.88 Å². The first-order valence-electron chi connectivity index (χ1n) is 2.13. The Labute approximate surface area is 56.4 Å². The summed E-state index contributed by atoms with van der Waals surface area (Å²) < 4.78 is 3.82. The van der Waals surface area contributed by atoms with Crippen molar-refractivity contribution in [2.45, 2.75) is 6.54 Å². The van der Waals surface area contributed by atoms with Crippen LogP contribution in [-0.4, -0.2) is 4.37 Å². The van der Waals surface area contributed by atoms with E-state index in [9.17, 15) is 0 Å². The van der Waals surface area contributed by atoms with Crippen LogP contribution in [0.25, 0.3) is 0 Å². The molecule has 1 rings (SSSR count). The second-order valence-corrected chi connectivity index (χ2v) is 2.59. The highest BCUT2D eigenvalue weighted by atomic mass is 35.5. The zero-order valence-electron chi connectivity index (χ0n) is 4.10. The molecule has 0 aliphatic carbocycles. The largest absolute Gasteiger partial charge is 0.326 e. The van der Waals surface area contributed by atoms with Crippen LogP contribution in [-0.2, 0) is 6.54 Å². The fourth-order valence-electron chi connectivity index (χ4n) is 0.387. The summed E-state index contributed by atoms with van der Waals surface area (Å²) in [6.45, 7) is 0.490. The first kappa shape index (κ1) is 6.01. The van der Waals surface area contributed by atoms with E-state index in [1.807, 2.05) is 0 Å². The fraction of sp³-hybridized carbons (Fsp3) is 0.250. The molecule has 0 unspecified atom stereocenters. The zero-order valence-corrected chi connectivity index (χ0v) is 5.67. The van der Waals surface area contributed by atoms with Gasteiger partial charge in [-0.25, -0.2) is 0 Å². The summed E-state index contributed by atoms with van der Waals surface area (Å²) in [4.78, 5) is 0.951. The molecule has 1 heterocycles. The van der Waals surface area contributed by atoms with Crippen LogP contribution < -0.4 is 5.73 Å². The number of hydrogen-bond donors (Lipinski definition) is 1. The van der Waals surface area contributed by atoms with Gasteiger partial charge in [0.05, 0.1) is 16.1 Å². The van der Waals surface area contributed by atoms with Gasteiger partial charge >= 0.3 is 0 Å². The average molecular weight is 149 g/mol. The Balaban J connectivity index is 2.92. The van der Waals surface area contributed by atoms with Gasteiger partial charge in [0.25, 0.3) is 0 Å². The Bertz CT molecular complexity index is 174. The summed E-state index contributed by atoms with van der Waals surface area (Å²) in [6.07, 6.45) is 1.61. The second-order valence-electron chi connectivity index (χ2n) is 1.30. The molecule has 0 aromatic carbocycles. The van der Waals surface area contributed by atoms with Gasteiger partial charge in [0.1, 0.15) is 0 Å². The Morgan fingerprint density at radius 1 is 1.88 bits per heavy atom. The van der Waals surface area contributed by atoms with E-state index in [1.54, 1.807) is 6.20 Å². The van der Waals surface area contributed by atoms with Gasteiger partial charge in [-0.15, -0.1) is 0 Å². The van der Waals surface area contributed by atoms with Crippen molar-refractivity contribution in [1.82, 2.24) is 4.37 Å². The van der Waals surface area contributed by atoms with Crippen molar-refractivity contribution in [3.05, 3.63) is 16.1 Å². The van der Waals surface area contributed by atoms with Crippen molar-refractivity contribution in [3.63, 3.8) is 0 Å². The van der Waals surface area contributed by atoms with Crippen molar-refractivity contribution in [2.75, 3.05) is 0 Å². The van der Waals surface area contributed by atoms with Crippen LogP contribution in [0, 0.1) is 0 Å². The van der Waals surface area contributed by atoms with Crippen molar-refractivity contribution in [1.29, 1.82) is 0 Å². The summed E-state index contributed by atoms with van der Waals surface area (Å²) in [6, 6.07) is 0. The van der Waals surface area contributed by atoms with Crippen LogP contribution in [0.5, 0.6) is 0 Å². The maximum absolute atomic E-state index is 5.61. The summed E-state index contributed by atoms with van der Waals surface area (Å²) in [5, 5.41) is 0.678. The molecule has 0 saturated carbocycles. The zero-order chi connectivity index (χ0) is 5.98. The molecule has 0 amide bonds. The van der Waals surface area contributed by atoms with Gasteiger partial charge in [-0.2, -0.15) is 4.37 Å². The van der Waals surface area contributed by atoms with Crippen molar-refractivity contribution in [3.8, 4) is 0 Å². The highest BCUT2D eigenvalue weighted by Crippen LogP contribution is 2.17. The molecule has 2 nitrogen and oxygen atoms in total. The Morgan fingerprint density at radius 3 is 2.88 bits per heavy atom. The average Bonchev–Trinajstić information content (AvgIpc) is 2.14. The van der Waals surface area contributed by atoms with Crippen LogP contribution in [0.3, 0.4) is 0 Å². The molecule has 1 aromatic heterocycles. The first-order chi connectivity index (χ1) is 3.84. The lowest BCUT2D eigenvalue weighted by atomic mass is 10.5. The standard InChI is InChI=1S/C4H5ClN2S/c5-3-2-7-8-4(3)1-6/h2H,1,6H2. The third-order valence-electron chi connectivity index (χ3n) is 0.781. The molecule has 0 saturated heterocycles. The number of rotatable bonds is 1. The summed E-state index contributed by atoms with van der Waals surface area (Å²) in [5.41, 5.74) is 5.28. The van der Waals surface area contributed by atoms with E-state index >= 15 is 0 Å². The molecular weight excluding hydrogens is 144 g/mol. The van der Waals surface area contributed by atoms with Crippen LogP contribution in [0.4, 0.5) is 0 Å². The summed E-state index contributed by atoms with van der Waals surface area (Å²) in [7, 11) is 0. The van der Waals surface area contributed by atoms with E-state index in [0.29, 0.717) is 11.6 Å². The maximum Gasteiger partial charge on any atom is 0.0758 e. The SMILES string of the molecule is NCc1sncc1Cl. The van der Waals surface area contributed by atoms with Crippen LogP contribution in [0.2, 0.25) is 5.02 Å². The number of nitrogens with two attached hydrogens (primary N) is 1. The monoisotopic (exact) mass is 148 g/mol. The molecule has 0 fully saturated rings. The van der Waals surface area contributed by atoms with Crippen LogP contribution in [0.15, 0.2) is 6.20 Å². The normalized spacial score (nSPS) is 9.75. The van der Waals surface area contributed by atoms with Gasteiger partial charge in [-0.05, 0) is 11.5 Å². The number of hydrogen-bond acceptors (Lipinski definition) is 3. The third-order valence-corrected chi connectivity index (χ3v) is 2.04. The molecular formula is C4H5ClN2S. The van der Waals surface area contributed by atoms with Crippen LogP contribution >= 0.6 is 23.1 Å². The Morgan fingerprint density at radius 2 is 2.62 bits per heavy atom.